The molecule has 2 atom stereocenters. The van der Waals surface area contributed by atoms with Gasteiger partial charge in [-0.3, -0.25) is 9.58 Å². The molecule has 3 rings (SSSR count). The van der Waals surface area contributed by atoms with Crippen molar-refractivity contribution in [2.75, 3.05) is 13.1 Å². The fourth-order valence-corrected chi connectivity index (χ4v) is 3.59. The van der Waals surface area contributed by atoms with Crippen LogP contribution in [0.1, 0.15) is 30.9 Å². The summed E-state index contributed by atoms with van der Waals surface area (Å²) >= 11 is 0. The van der Waals surface area contributed by atoms with Gasteiger partial charge in [-0.25, -0.2) is 0 Å². The van der Waals surface area contributed by atoms with Crippen LogP contribution < -0.4 is 5.32 Å². The summed E-state index contributed by atoms with van der Waals surface area (Å²) in [6.07, 6.45) is 6.51. The normalized spacial score (nSPS) is 22.3. The van der Waals surface area contributed by atoms with Gasteiger partial charge in [0.15, 0.2) is 0 Å². The highest BCUT2D eigenvalue weighted by Crippen LogP contribution is 2.22. The van der Waals surface area contributed by atoms with Crippen LogP contribution in [0.2, 0.25) is 0 Å². The van der Waals surface area contributed by atoms with Crippen molar-refractivity contribution >= 4 is 0 Å². The Morgan fingerprint density at radius 1 is 1.22 bits per heavy atom. The predicted octanol–water partition coefficient (Wildman–Crippen LogP) is 2.81. The molecule has 4 heteroatoms. The Kier molecular flexibility index (Phi) is 5.47. The molecule has 1 aromatic heterocycles. The Labute approximate surface area is 139 Å². The zero-order valence-corrected chi connectivity index (χ0v) is 14.3. The average molecular weight is 312 g/mol. The van der Waals surface area contributed by atoms with Crippen LogP contribution in [0, 0.1) is 5.92 Å². The van der Waals surface area contributed by atoms with Gasteiger partial charge in [-0.1, -0.05) is 43.7 Å². The Balaban J connectivity index is 1.52. The standard InChI is InChI=1S/C19H28N4/c1-3-18-15-23(14-16-7-5-4-6-8-16)10-9-19(18)20-11-17-12-21-22(2)13-17/h4-8,12-13,18-20H,3,9-11,14-15H2,1-2H3. The quantitative estimate of drug-likeness (QED) is 0.890. The molecule has 0 saturated carbocycles. The number of benzene rings is 1. The molecule has 0 radical (unpaired) electrons. The zero-order valence-electron chi connectivity index (χ0n) is 14.3. The van der Waals surface area contributed by atoms with Gasteiger partial charge in [0.05, 0.1) is 6.20 Å². The first-order valence-electron chi connectivity index (χ1n) is 8.71. The number of piperidine rings is 1. The molecule has 124 valence electrons. The van der Waals surface area contributed by atoms with Crippen molar-refractivity contribution in [3.8, 4) is 0 Å². The van der Waals surface area contributed by atoms with Gasteiger partial charge in [0.1, 0.15) is 0 Å². The van der Waals surface area contributed by atoms with Crippen molar-refractivity contribution in [3.63, 3.8) is 0 Å². The molecule has 2 unspecified atom stereocenters. The van der Waals surface area contributed by atoms with Gasteiger partial charge in [-0.15, -0.1) is 0 Å². The number of nitrogens with one attached hydrogen (secondary N) is 1. The molecular weight excluding hydrogens is 284 g/mol. The molecule has 2 aromatic rings. The lowest BCUT2D eigenvalue weighted by Gasteiger charge is -2.39. The SMILES string of the molecule is CCC1CN(Cc2ccccc2)CCC1NCc1cnn(C)c1. The lowest BCUT2D eigenvalue weighted by molar-refractivity contribution is 0.128. The van der Waals surface area contributed by atoms with Crippen molar-refractivity contribution in [2.45, 2.75) is 38.9 Å². The summed E-state index contributed by atoms with van der Waals surface area (Å²) in [5.74, 6) is 0.726. The van der Waals surface area contributed by atoms with E-state index in [1.54, 1.807) is 0 Å². The topological polar surface area (TPSA) is 33.1 Å². The first-order valence-corrected chi connectivity index (χ1v) is 8.71. The fraction of sp³-hybridized carbons (Fsp3) is 0.526. The second-order valence-electron chi connectivity index (χ2n) is 6.69. The third kappa shape index (κ3) is 4.43. The second kappa shape index (κ2) is 7.75. The van der Waals surface area contributed by atoms with Crippen LogP contribution in [0.25, 0.3) is 0 Å². The maximum Gasteiger partial charge on any atom is 0.0534 e. The lowest BCUT2D eigenvalue weighted by Crippen LogP contribution is -2.48. The summed E-state index contributed by atoms with van der Waals surface area (Å²) in [5, 5.41) is 8.00. The van der Waals surface area contributed by atoms with Crippen LogP contribution in [-0.2, 0) is 20.1 Å². The predicted molar refractivity (Wildman–Crippen MR) is 94.0 cm³/mol. The lowest BCUT2D eigenvalue weighted by atomic mass is 9.89. The summed E-state index contributed by atoms with van der Waals surface area (Å²) < 4.78 is 1.87. The molecule has 2 heterocycles. The van der Waals surface area contributed by atoms with Crippen LogP contribution in [0.3, 0.4) is 0 Å². The van der Waals surface area contributed by atoms with Crippen LogP contribution >= 0.6 is 0 Å². The van der Waals surface area contributed by atoms with Crippen LogP contribution in [0.5, 0.6) is 0 Å². The Morgan fingerprint density at radius 2 is 2.04 bits per heavy atom. The van der Waals surface area contributed by atoms with Gasteiger partial charge >= 0.3 is 0 Å². The smallest absolute Gasteiger partial charge is 0.0534 e. The first-order chi connectivity index (χ1) is 11.2. The fourth-order valence-electron chi connectivity index (χ4n) is 3.59. The van der Waals surface area contributed by atoms with Gasteiger partial charge in [-0.2, -0.15) is 5.10 Å². The highest BCUT2D eigenvalue weighted by Gasteiger charge is 2.27. The number of likely N-dealkylation sites (tertiary alicyclic amines) is 1. The van der Waals surface area contributed by atoms with Crippen molar-refractivity contribution in [1.29, 1.82) is 0 Å². The van der Waals surface area contributed by atoms with Gasteiger partial charge in [0.25, 0.3) is 0 Å². The summed E-state index contributed by atoms with van der Waals surface area (Å²) in [4.78, 5) is 2.60. The van der Waals surface area contributed by atoms with Gasteiger partial charge in [0.2, 0.25) is 0 Å². The summed E-state index contributed by atoms with van der Waals surface area (Å²) in [6.45, 7) is 6.68. The molecule has 4 nitrogen and oxygen atoms in total. The molecule has 1 N–H and O–H groups in total. The second-order valence-corrected chi connectivity index (χ2v) is 6.69. The van der Waals surface area contributed by atoms with E-state index in [1.807, 2.05) is 17.9 Å². The van der Waals surface area contributed by atoms with E-state index in [9.17, 15) is 0 Å². The molecule has 1 aliphatic rings. The molecule has 23 heavy (non-hydrogen) atoms. The Hall–Kier alpha value is -1.65. The largest absolute Gasteiger partial charge is 0.309 e. The number of hydrogen-bond acceptors (Lipinski definition) is 3. The van der Waals surface area contributed by atoms with E-state index in [4.69, 9.17) is 0 Å². The third-order valence-electron chi connectivity index (χ3n) is 4.92. The van der Waals surface area contributed by atoms with E-state index >= 15 is 0 Å². The zero-order chi connectivity index (χ0) is 16.1. The number of rotatable bonds is 6. The molecule has 1 fully saturated rings. The van der Waals surface area contributed by atoms with E-state index in [1.165, 1.54) is 37.1 Å². The van der Waals surface area contributed by atoms with Crippen molar-refractivity contribution in [3.05, 3.63) is 53.9 Å². The minimum atomic E-state index is 0.618. The number of aromatic nitrogens is 2. The molecule has 0 aliphatic carbocycles. The molecule has 1 aliphatic heterocycles. The van der Waals surface area contributed by atoms with Crippen LogP contribution in [0.4, 0.5) is 0 Å². The van der Waals surface area contributed by atoms with Crippen molar-refractivity contribution < 1.29 is 0 Å². The van der Waals surface area contributed by atoms with Gasteiger partial charge in [-0.05, 0) is 24.4 Å². The van der Waals surface area contributed by atoms with E-state index < -0.39 is 0 Å². The summed E-state index contributed by atoms with van der Waals surface area (Å²) in [5.41, 5.74) is 2.69. The van der Waals surface area contributed by atoms with E-state index in [-0.39, 0.29) is 0 Å². The molecule has 0 amide bonds. The minimum absolute atomic E-state index is 0.618. The van der Waals surface area contributed by atoms with Crippen LogP contribution in [-0.4, -0.2) is 33.8 Å². The highest BCUT2D eigenvalue weighted by molar-refractivity contribution is 5.14. The van der Waals surface area contributed by atoms with Crippen molar-refractivity contribution in [2.24, 2.45) is 13.0 Å². The number of hydrogen-bond donors (Lipinski definition) is 1. The van der Waals surface area contributed by atoms with E-state index in [0.717, 1.165) is 19.0 Å². The van der Waals surface area contributed by atoms with Crippen LogP contribution in [0.15, 0.2) is 42.7 Å². The maximum atomic E-state index is 4.25. The number of nitrogens with zero attached hydrogens (tertiary/aromatic N) is 3. The van der Waals surface area contributed by atoms with Gasteiger partial charge < -0.3 is 5.32 Å². The highest BCUT2D eigenvalue weighted by atomic mass is 15.2. The maximum absolute atomic E-state index is 4.25. The summed E-state index contributed by atoms with van der Waals surface area (Å²) in [7, 11) is 1.97. The average Bonchev–Trinajstić information content (AvgIpc) is 3.00. The first kappa shape index (κ1) is 16.2. The van der Waals surface area contributed by atoms with E-state index in [2.05, 4.69) is 58.8 Å². The minimum Gasteiger partial charge on any atom is -0.309 e. The molecule has 1 aromatic carbocycles. The Morgan fingerprint density at radius 3 is 2.74 bits per heavy atom. The molecule has 1 saturated heterocycles. The molecular formula is C19H28N4. The molecule has 0 bridgehead atoms. The van der Waals surface area contributed by atoms with E-state index in [0.29, 0.717) is 6.04 Å². The van der Waals surface area contributed by atoms with Gasteiger partial charge in [0, 0.05) is 44.5 Å². The third-order valence-corrected chi connectivity index (χ3v) is 4.92. The summed E-state index contributed by atoms with van der Waals surface area (Å²) in [6, 6.07) is 11.4. The Bertz CT molecular complexity index is 592. The molecule has 0 spiro atoms. The van der Waals surface area contributed by atoms with Crippen molar-refractivity contribution in [1.82, 2.24) is 20.0 Å². The monoisotopic (exact) mass is 312 g/mol. The number of aryl methyl sites for hydroxylation is 1.